The fourth-order valence-corrected chi connectivity index (χ4v) is 3.94. The largest absolute Gasteiger partial charge is 0.293 e. The molecular formula is C23H17FN2O2S. The standard InChI is InChI=1S/C23H17FN2O2S/c24-19-12-6-4-10-17(19)21(27)15-29-23-25-20-13-7-5-11-18(20)22(28)26(23)14-16-8-2-1-3-9-16/h1-13H,14-15H2. The molecule has 4 rings (SSSR count). The topological polar surface area (TPSA) is 52.0 Å². The molecule has 1 heterocycles. The van der Waals surface area contributed by atoms with E-state index in [9.17, 15) is 14.0 Å². The Morgan fingerprint density at radius 2 is 1.62 bits per heavy atom. The number of hydrogen-bond donors (Lipinski definition) is 0. The van der Waals surface area contributed by atoms with Crippen LogP contribution in [0.25, 0.3) is 10.9 Å². The number of Topliss-reactive ketones (excluding diaryl/α,β-unsaturated/α-hetero) is 1. The summed E-state index contributed by atoms with van der Waals surface area (Å²) >= 11 is 1.14. The van der Waals surface area contributed by atoms with Crippen molar-refractivity contribution < 1.29 is 9.18 Å². The van der Waals surface area contributed by atoms with Crippen molar-refractivity contribution in [3.05, 3.63) is 106 Å². The van der Waals surface area contributed by atoms with Crippen molar-refractivity contribution >= 4 is 28.4 Å². The number of benzene rings is 3. The number of carbonyl (C=O) groups is 1. The lowest BCUT2D eigenvalue weighted by Crippen LogP contribution is -2.24. The van der Waals surface area contributed by atoms with E-state index in [2.05, 4.69) is 4.98 Å². The zero-order valence-electron chi connectivity index (χ0n) is 15.4. The predicted octanol–water partition coefficient (Wildman–Crippen LogP) is 4.56. The van der Waals surface area contributed by atoms with Gasteiger partial charge in [0.15, 0.2) is 10.9 Å². The summed E-state index contributed by atoms with van der Waals surface area (Å²) in [6, 6.07) is 22.6. The molecule has 0 N–H and O–H groups in total. The SMILES string of the molecule is O=C(CSc1nc2ccccc2c(=O)n1Cc1ccccc1)c1ccccc1F. The van der Waals surface area contributed by atoms with Gasteiger partial charge in [0, 0.05) is 0 Å². The van der Waals surface area contributed by atoms with Gasteiger partial charge in [0.2, 0.25) is 0 Å². The highest BCUT2D eigenvalue weighted by atomic mass is 32.2. The van der Waals surface area contributed by atoms with Crippen molar-refractivity contribution in [2.75, 3.05) is 5.75 Å². The first-order chi connectivity index (χ1) is 14.1. The Kier molecular flexibility index (Phi) is 5.53. The Morgan fingerprint density at radius 3 is 2.41 bits per heavy atom. The summed E-state index contributed by atoms with van der Waals surface area (Å²) < 4.78 is 15.5. The predicted molar refractivity (Wildman–Crippen MR) is 113 cm³/mol. The molecule has 0 saturated heterocycles. The Labute approximate surface area is 171 Å². The van der Waals surface area contributed by atoms with Crippen LogP contribution >= 0.6 is 11.8 Å². The van der Waals surface area contributed by atoms with Crippen LogP contribution in [0.3, 0.4) is 0 Å². The van der Waals surface area contributed by atoms with Crippen LogP contribution in [0.2, 0.25) is 0 Å². The van der Waals surface area contributed by atoms with Crippen molar-refractivity contribution in [3.63, 3.8) is 0 Å². The lowest BCUT2D eigenvalue weighted by atomic mass is 10.1. The molecule has 6 heteroatoms. The molecule has 0 bridgehead atoms. The number of carbonyl (C=O) groups excluding carboxylic acids is 1. The van der Waals surface area contributed by atoms with E-state index >= 15 is 0 Å². The number of ketones is 1. The van der Waals surface area contributed by atoms with Gasteiger partial charge in [0.1, 0.15) is 5.82 Å². The summed E-state index contributed by atoms with van der Waals surface area (Å²) in [6.07, 6.45) is 0. The molecule has 0 amide bonds. The van der Waals surface area contributed by atoms with E-state index < -0.39 is 5.82 Å². The van der Waals surface area contributed by atoms with Gasteiger partial charge in [-0.2, -0.15) is 0 Å². The monoisotopic (exact) mass is 404 g/mol. The molecule has 0 atom stereocenters. The average molecular weight is 404 g/mol. The van der Waals surface area contributed by atoms with E-state index in [0.717, 1.165) is 17.3 Å². The molecule has 0 fully saturated rings. The smallest absolute Gasteiger partial charge is 0.262 e. The average Bonchev–Trinajstić information content (AvgIpc) is 2.75. The number of nitrogens with zero attached hydrogens (tertiary/aromatic N) is 2. The van der Waals surface area contributed by atoms with Gasteiger partial charge in [-0.05, 0) is 29.8 Å². The van der Waals surface area contributed by atoms with E-state index in [4.69, 9.17) is 0 Å². The highest BCUT2D eigenvalue weighted by Gasteiger charge is 2.16. The second-order valence-electron chi connectivity index (χ2n) is 6.48. The number of fused-ring (bicyclic) bond motifs is 1. The Balaban J connectivity index is 1.70. The second kappa shape index (κ2) is 8.41. The Morgan fingerprint density at radius 1 is 0.931 bits per heavy atom. The maximum atomic E-state index is 13.9. The van der Waals surface area contributed by atoms with Crippen molar-refractivity contribution in [2.45, 2.75) is 11.7 Å². The third kappa shape index (κ3) is 4.12. The molecule has 0 spiro atoms. The third-order valence-corrected chi connectivity index (χ3v) is 5.49. The first-order valence-electron chi connectivity index (χ1n) is 9.07. The van der Waals surface area contributed by atoms with Crippen molar-refractivity contribution in [2.24, 2.45) is 0 Å². The van der Waals surface area contributed by atoms with Crippen molar-refractivity contribution in [1.82, 2.24) is 9.55 Å². The minimum absolute atomic E-state index is 0.0134. The van der Waals surface area contributed by atoms with E-state index in [1.165, 1.54) is 12.1 Å². The van der Waals surface area contributed by atoms with Crippen LogP contribution in [0.5, 0.6) is 0 Å². The first kappa shape index (κ1) is 19.1. The molecule has 0 aliphatic heterocycles. The fraction of sp³-hybridized carbons (Fsp3) is 0.0870. The molecule has 144 valence electrons. The quantitative estimate of drug-likeness (QED) is 0.269. The minimum Gasteiger partial charge on any atom is -0.293 e. The Bertz CT molecular complexity index is 1240. The zero-order chi connectivity index (χ0) is 20.2. The van der Waals surface area contributed by atoms with Crippen LogP contribution in [-0.4, -0.2) is 21.1 Å². The Hall–Kier alpha value is -3.25. The maximum Gasteiger partial charge on any atom is 0.262 e. The van der Waals surface area contributed by atoms with Crippen molar-refractivity contribution in [1.29, 1.82) is 0 Å². The molecule has 3 aromatic carbocycles. The van der Waals surface area contributed by atoms with Crippen LogP contribution in [0.1, 0.15) is 15.9 Å². The number of rotatable bonds is 6. The van der Waals surface area contributed by atoms with Crippen LogP contribution < -0.4 is 5.56 Å². The normalized spacial score (nSPS) is 10.9. The van der Waals surface area contributed by atoms with Gasteiger partial charge in [-0.1, -0.05) is 66.4 Å². The van der Waals surface area contributed by atoms with Gasteiger partial charge in [-0.25, -0.2) is 9.37 Å². The number of thioether (sulfide) groups is 1. The molecular weight excluding hydrogens is 387 g/mol. The minimum atomic E-state index is -0.550. The highest BCUT2D eigenvalue weighted by molar-refractivity contribution is 7.99. The summed E-state index contributed by atoms with van der Waals surface area (Å²) in [5.74, 6) is -0.909. The number of aromatic nitrogens is 2. The summed E-state index contributed by atoms with van der Waals surface area (Å²) in [4.78, 5) is 30.2. The molecule has 4 nitrogen and oxygen atoms in total. The summed E-state index contributed by atoms with van der Waals surface area (Å²) in [5.41, 5.74) is 1.40. The molecule has 4 aromatic rings. The van der Waals surface area contributed by atoms with Crippen LogP contribution in [0.4, 0.5) is 4.39 Å². The number of halogens is 1. The maximum absolute atomic E-state index is 13.9. The lowest BCUT2D eigenvalue weighted by molar-refractivity contribution is 0.101. The molecule has 0 aliphatic carbocycles. The van der Waals surface area contributed by atoms with E-state index in [-0.39, 0.29) is 22.7 Å². The molecule has 0 saturated carbocycles. The van der Waals surface area contributed by atoms with E-state index in [1.54, 1.807) is 34.9 Å². The second-order valence-corrected chi connectivity index (χ2v) is 7.42. The van der Waals surface area contributed by atoms with E-state index in [1.807, 2.05) is 36.4 Å². The summed E-state index contributed by atoms with van der Waals surface area (Å²) in [7, 11) is 0. The number of para-hydroxylation sites is 1. The summed E-state index contributed by atoms with van der Waals surface area (Å²) in [5, 5.41) is 0.954. The van der Waals surface area contributed by atoms with Gasteiger partial charge in [0.25, 0.3) is 5.56 Å². The van der Waals surface area contributed by atoms with Gasteiger partial charge in [0.05, 0.1) is 28.8 Å². The van der Waals surface area contributed by atoms with Crippen LogP contribution in [-0.2, 0) is 6.54 Å². The molecule has 0 aliphatic rings. The van der Waals surface area contributed by atoms with Gasteiger partial charge >= 0.3 is 0 Å². The van der Waals surface area contributed by atoms with Crippen molar-refractivity contribution in [3.8, 4) is 0 Å². The first-order valence-corrected chi connectivity index (χ1v) is 10.1. The summed E-state index contributed by atoms with van der Waals surface area (Å²) in [6.45, 7) is 0.341. The highest BCUT2D eigenvalue weighted by Crippen LogP contribution is 2.21. The van der Waals surface area contributed by atoms with Gasteiger partial charge < -0.3 is 0 Å². The molecule has 1 aromatic heterocycles. The molecule has 0 radical (unpaired) electrons. The van der Waals surface area contributed by atoms with Gasteiger partial charge in [-0.15, -0.1) is 0 Å². The fourth-order valence-electron chi connectivity index (χ4n) is 3.06. The van der Waals surface area contributed by atoms with E-state index in [0.29, 0.717) is 22.6 Å². The van der Waals surface area contributed by atoms with Crippen LogP contribution in [0, 0.1) is 5.82 Å². The number of hydrogen-bond acceptors (Lipinski definition) is 4. The van der Waals surface area contributed by atoms with Gasteiger partial charge in [-0.3, -0.25) is 14.2 Å². The zero-order valence-corrected chi connectivity index (χ0v) is 16.2. The third-order valence-electron chi connectivity index (χ3n) is 4.52. The lowest BCUT2D eigenvalue weighted by Gasteiger charge is -2.13. The molecule has 0 unspecified atom stereocenters. The molecule has 29 heavy (non-hydrogen) atoms. The van der Waals surface area contributed by atoms with Crippen LogP contribution in [0.15, 0.2) is 88.8 Å².